The molecule has 1 unspecified atom stereocenters. The van der Waals surface area contributed by atoms with Crippen molar-refractivity contribution in [2.45, 2.75) is 13.0 Å². The minimum absolute atomic E-state index is 0.150. The third-order valence-electron chi connectivity index (χ3n) is 1.88. The molecule has 4 heteroatoms. The summed E-state index contributed by atoms with van der Waals surface area (Å²) in [6.45, 7) is 2.11. The van der Waals surface area contributed by atoms with Gasteiger partial charge >= 0.3 is 0 Å². The van der Waals surface area contributed by atoms with Crippen LogP contribution in [0.3, 0.4) is 0 Å². The van der Waals surface area contributed by atoms with E-state index in [0.717, 1.165) is 11.3 Å². The van der Waals surface area contributed by atoms with E-state index in [-0.39, 0.29) is 12.5 Å². The Bertz CT molecular complexity index is 325. The van der Waals surface area contributed by atoms with Gasteiger partial charge in [-0.1, -0.05) is 12.1 Å². The highest BCUT2D eigenvalue weighted by Gasteiger charge is 2.10. The number of hydrogen-bond acceptors (Lipinski definition) is 3. The number of carbonyl (C=O) groups excluding carboxylic acids is 1. The molecule has 1 rings (SSSR count). The van der Waals surface area contributed by atoms with Crippen molar-refractivity contribution in [3.05, 3.63) is 29.8 Å². The predicted molar refractivity (Wildman–Crippen MR) is 56.8 cm³/mol. The molecule has 0 aliphatic carbocycles. The van der Waals surface area contributed by atoms with E-state index in [1.165, 1.54) is 0 Å². The molecule has 1 amide bonds. The van der Waals surface area contributed by atoms with Gasteiger partial charge in [0.05, 0.1) is 6.04 Å². The zero-order valence-corrected chi connectivity index (χ0v) is 8.16. The third kappa shape index (κ3) is 2.83. The molecule has 76 valence electrons. The fourth-order valence-electron chi connectivity index (χ4n) is 1.06. The van der Waals surface area contributed by atoms with Crippen molar-refractivity contribution in [1.29, 1.82) is 0 Å². The second-order valence-electron chi connectivity index (χ2n) is 3.20. The Kier molecular flexibility index (Phi) is 3.62. The predicted octanol–water partition coefficient (Wildman–Crippen LogP) is 0.220. The zero-order valence-electron chi connectivity index (χ0n) is 8.16. The lowest BCUT2D eigenvalue weighted by molar-refractivity contribution is -0.117. The van der Waals surface area contributed by atoms with Crippen LogP contribution >= 0.6 is 0 Å². The Morgan fingerprint density at radius 2 is 2.29 bits per heavy atom. The first-order valence-corrected chi connectivity index (χ1v) is 4.46. The smallest absolute Gasteiger partial charge is 0.242 e. The summed E-state index contributed by atoms with van der Waals surface area (Å²) in [5, 5.41) is 2.69. The number of nitrogens with two attached hydrogens (primary N) is 2. The van der Waals surface area contributed by atoms with Gasteiger partial charge in [0, 0.05) is 12.2 Å². The first-order valence-electron chi connectivity index (χ1n) is 4.46. The normalized spacial score (nSPS) is 12.2. The number of aryl methyl sites for hydroxylation is 1. The van der Waals surface area contributed by atoms with E-state index < -0.39 is 6.04 Å². The van der Waals surface area contributed by atoms with Crippen LogP contribution in [0.2, 0.25) is 0 Å². The van der Waals surface area contributed by atoms with Crippen molar-refractivity contribution >= 4 is 11.6 Å². The summed E-state index contributed by atoms with van der Waals surface area (Å²) in [6.07, 6.45) is 0. The molecule has 0 spiro atoms. The molecule has 0 heterocycles. The summed E-state index contributed by atoms with van der Waals surface area (Å²) in [5.41, 5.74) is 12.6. The Balaban J connectivity index is 2.65. The lowest BCUT2D eigenvalue weighted by Crippen LogP contribution is -2.41. The second kappa shape index (κ2) is 4.74. The Morgan fingerprint density at radius 3 is 2.86 bits per heavy atom. The van der Waals surface area contributed by atoms with Crippen molar-refractivity contribution in [2.75, 3.05) is 11.9 Å². The maximum absolute atomic E-state index is 11.3. The van der Waals surface area contributed by atoms with Crippen LogP contribution in [0.25, 0.3) is 0 Å². The number of carbonyl (C=O) groups is 1. The first-order chi connectivity index (χ1) is 6.63. The third-order valence-corrected chi connectivity index (χ3v) is 1.88. The van der Waals surface area contributed by atoms with Gasteiger partial charge in [0.15, 0.2) is 0 Å². The number of anilines is 1. The molecular formula is C10H15N3O. The summed E-state index contributed by atoms with van der Waals surface area (Å²) in [4.78, 5) is 11.3. The molecule has 14 heavy (non-hydrogen) atoms. The van der Waals surface area contributed by atoms with Crippen LogP contribution < -0.4 is 16.8 Å². The van der Waals surface area contributed by atoms with Crippen LogP contribution in [0.4, 0.5) is 5.69 Å². The number of benzene rings is 1. The lowest BCUT2D eigenvalue weighted by Gasteiger charge is -2.10. The summed E-state index contributed by atoms with van der Waals surface area (Å²) >= 11 is 0. The topological polar surface area (TPSA) is 81.1 Å². The van der Waals surface area contributed by atoms with Crippen LogP contribution in [-0.4, -0.2) is 18.5 Å². The monoisotopic (exact) mass is 193 g/mol. The molecule has 0 aliphatic rings. The molecule has 0 aromatic heterocycles. The van der Waals surface area contributed by atoms with Gasteiger partial charge in [-0.15, -0.1) is 0 Å². The Labute approximate surface area is 83.3 Å². The van der Waals surface area contributed by atoms with Gasteiger partial charge in [-0.25, -0.2) is 0 Å². The SMILES string of the molecule is Cc1cccc(NC(=O)C(N)CN)c1. The zero-order chi connectivity index (χ0) is 10.6. The molecule has 1 aromatic rings. The molecular weight excluding hydrogens is 178 g/mol. The number of nitrogens with one attached hydrogen (secondary N) is 1. The standard InChI is InChI=1S/C10H15N3O/c1-7-3-2-4-8(5-7)13-10(14)9(12)6-11/h2-5,9H,6,11-12H2,1H3,(H,13,14). The van der Waals surface area contributed by atoms with Crippen molar-refractivity contribution < 1.29 is 4.79 Å². The summed E-state index contributed by atoms with van der Waals surface area (Å²) < 4.78 is 0. The van der Waals surface area contributed by atoms with Gasteiger partial charge in [0.25, 0.3) is 0 Å². The lowest BCUT2D eigenvalue weighted by atomic mass is 10.2. The molecule has 0 saturated heterocycles. The van der Waals surface area contributed by atoms with E-state index in [4.69, 9.17) is 11.5 Å². The van der Waals surface area contributed by atoms with E-state index in [1.807, 2.05) is 31.2 Å². The molecule has 5 N–H and O–H groups in total. The van der Waals surface area contributed by atoms with Gasteiger partial charge in [0.1, 0.15) is 0 Å². The highest BCUT2D eigenvalue weighted by atomic mass is 16.2. The van der Waals surface area contributed by atoms with Crippen LogP contribution in [0, 0.1) is 6.92 Å². The molecule has 0 saturated carbocycles. The van der Waals surface area contributed by atoms with Crippen molar-refractivity contribution in [1.82, 2.24) is 0 Å². The van der Waals surface area contributed by atoms with E-state index >= 15 is 0 Å². The van der Waals surface area contributed by atoms with E-state index in [2.05, 4.69) is 5.32 Å². The largest absolute Gasteiger partial charge is 0.328 e. The fraction of sp³-hybridized carbons (Fsp3) is 0.300. The minimum Gasteiger partial charge on any atom is -0.328 e. The van der Waals surface area contributed by atoms with Gasteiger partial charge in [-0.2, -0.15) is 0 Å². The van der Waals surface area contributed by atoms with E-state index in [0.29, 0.717) is 0 Å². The van der Waals surface area contributed by atoms with E-state index in [9.17, 15) is 4.79 Å². The average Bonchev–Trinajstić information content (AvgIpc) is 2.16. The van der Waals surface area contributed by atoms with Gasteiger partial charge in [0.2, 0.25) is 5.91 Å². The van der Waals surface area contributed by atoms with Crippen molar-refractivity contribution in [3.8, 4) is 0 Å². The fourth-order valence-corrected chi connectivity index (χ4v) is 1.06. The van der Waals surface area contributed by atoms with Gasteiger partial charge in [-0.3, -0.25) is 4.79 Å². The second-order valence-corrected chi connectivity index (χ2v) is 3.20. The quantitative estimate of drug-likeness (QED) is 0.642. The number of hydrogen-bond donors (Lipinski definition) is 3. The highest BCUT2D eigenvalue weighted by molar-refractivity contribution is 5.94. The van der Waals surface area contributed by atoms with Crippen LogP contribution in [-0.2, 0) is 4.79 Å². The van der Waals surface area contributed by atoms with Crippen LogP contribution in [0.5, 0.6) is 0 Å². The van der Waals surface area contributed by atoms with Crippen molar-refractivity contribution in [2.24, 2.45) is 11.5 Å². The molecule has 0 fully saturated rings. The van der Waals surface area contributed by atoms with Crippen LogP contribution in [0.15, 0.2) is 24.3 Å². The first kappa shape index (κ1) is 10.7. The maximum atomic E-state index is 11.3. The molecule has 1 aromatic carbocycles. The molecule has 1 atom stereocenters. The average molecular weight is 193 g/mol. The summed E-state index contributed by atoms with van der Waals surface area (Å²) in [7, 11) is 0. The number of rotatable bonds is 3. The summed E-state index contributed by atoms with van der Waals surface area (Å²) in [6, 6.07) is 6.88. The molecule has 0 bridgehead atoms. The minimum atomic E-state index is -0.643. The molecule has 0 aliphatic heterocycles. The van der Waals surface area contributed by atoms with Gasteiger partial charge in [-0.05, 0) is 24.6 Å². The van der Waals surface area contributed by atoms with Gasteiger partial charge < -0.3 is 16.8 Å². The highest BCUT2D eigenvalue weighted by Crippen LogP contribution is 2.09. The Morgan fingerprint density at radius 1 is 1.57 bits per heavy atom. The van der Waals surface area contributed by atoms with Crippen LogP contribution in [0.1, 0.15) is 5.56 Å². The Hall–Kier alpha value is -1.39. The number of amides is 1. The maximum Gasteiger partial charge on any atom is 0.242 e. The summed E-state index contributed by atoms with van der Waals surface area (Å²) in [5.74, 6) is -0.252. The van der Waals surface area contributed by atoms with Crippen molar-refractivity contribution in [3.63, 3.8) is 0 Å². The molecule has 0 radical (unpaired) electrons. The van der Waals surface area contributed by atoms with E-state index in [1.54, 1.807) is 0 Å². The molecule has 4 nitrogen and oxygen atoms in total.